The van der Waals surface area contributed by atoms with Crippen molar-refractivity contribution in [2.24, 2.45) is 5.92 Å². The quantitative estimate of drug-likeness (QED) is 0.909. The number of para-hydroxylation sites is 1. The van der Waals surface area contributed by atoms with Gasteiger partial charge in [-0.05, 0) is 37.8 Å². The SMILES string of the molecule is CCNc1ccccc1S(=O)(=O)N1CCC(CC)CC1. The Morgan fingerprint density at radius 1 is 1.20 bits per heavy atom. The molecule has 0 radical (unpaired) electrons. The van der Waals surface area contributed by atoms with Crippen LogP contribution in [0.25, 0.3) is 0 Å². The molecule has 1 saturated heterocycles. The van der Waals surface area contributed by atoms with Crippen LogP contribution in [-0.2, 0) is 10.0 Å². The maximum absolute atomic E-state index is 12.8. The number of hydrogen-bond donors (Lipinski definition) is 1. The molecular weight excluding hydrogens is 272 g/mol. The fraction of sp³-hybridized carbons (Fsp3) is 0.600. The second-order valence-corrected chi connectivity index (χ2v) is 7.19. The zero-order valence-electron chi connectivity index (χ0n) is 12.3. The summed E-state index contributed by atoms with van der Waals surface area (Å²) >= 11 is 0. The lowest BCUT2D eigenvalue weighted by Gasteiger charge is -2.31. The molecule has 1 N–H and O–H groups in total. The molecule has 0 unspecified atom stereocenters. The van der Waals surface area contributed by atoms with Gasteiger partial charge in [-0.2, -0.15) is 4.31 Å². The van der Waals surface area contributed by atoms with E-state index in [0.717, 1.165) is 19.3 Å². The standard InChI is InChI=1S/C15H24N2O2S/c1-3-13-9-11-17(12-10-13)20(18,19)15-8-6-5-7-14(15)16-4-2/h5-8,13,16H,3-4,9-12H2,1-2H3. The monoisotopic (exact) mass is 296 g/mol. The van der Waals surface area contributed by atoms with Crippen LogP contribution in [0, 0.1) is 5.92 Å². The molecule has 0 bridgehead atoms. The van der Waals surface area contributed by atoms with Crippen molar-refractivity contribution in [2.75, 3.05) is 25.0 Å². The molecule has 0 aromatic heterocycles. The number of hydrogen-bond acceptors (Lipinski definition) is 3. The average Bonchev–Trinajstić information content (AvgIpc) is 2.48. The highest BCUT2D eigenvalue weighted by atomic mass is 32.2. The molecular formula is C15H24N2O2S. The van der Waals surface area contributed by atoms with E-state index < -0.39 is 10.0 Å². The van der Waals surface area contributed by atoms with Crippen molar-refractivity contribution in [1.29, 1.82) is 0 Å². The van der Waals surface area contributed by atoms with Gasteiger partial charge in [0.1, 0.15) is 4.90 Å². The maximum atomic E-state index is 12.8. The Kier molecular flexibility index (Phi) is 5.05. The first-order valence-electron chi connectivity index (χ1n) is 7.42. The molecule has 2 rings (SSSR count). The van der Waals surface area contributed by atoms with E-state index >= 15 is 0 Å². The first-order chi connectivity index (χ1) is 9.59. The highest BCUT2D eigenvalue weighted by Crippen LogP contribution is 2.28. The molecule has 1 aromatic rings. The Balaban J connectivity index is 2.23. The van der Waals surface area contributed by atoms with Gasteiger partial charge in [0.05, 0.1) is 5.69 Å². The van der Waals surface area contributed by atoms with Gasteiger partial charge in [0.25, 0.3) is 0 Å². The number of nitrogens with zero attached hydrogens (tertiary/aromatic N) is 1. The fourth-order valence-electron chi connectivity index (χ4n) is 2.73. The number of rotatable bonds is 5. The molecule has 1 fully saturated rings. The number of benzene rings is 1. The topological polar surface area (TPSA) is 49.4 Å². The molecule has 4 nitrogen and oxygen atoms in total. The lowest BCUT2D eigenvalue weighted by molar-refractivity contribution is 0.269. The highest BCUT2D eigenvalue weighted by molar-refractivity contribution is 7.89. The second kappa shape index (κ2) is 6.59. The van der Waals surface area contributed by atoms with Crippen molar-refractivity contribution in [3.63, 3.8) is 0 Å². The van der Waals surface area contributed by atoms with Crippen LogP contribution in [0.3, 0.4) is 0 Å². The minimum Gasteiger partial charge on any atom is -0.384 e. The third-order valence-corrected chi connectivity index (χ3v) is 5.98. The molecule has 20 heavy (non-hydrogen) atoms. The van der Waals surface area contributed by atoms with Crippen molar-refractivity contribution in [3.8, 4) is 0 Å². The van der Waals surface area contributed by atoms with Crippen LogP contribution in [0.1, 0.15) is 33.1 Å². The Morgan fingerprint density at radius 3 is 2.45 bits per heavy atom. The summed E-state index contributed by atoms with van der Waals surface area (Å²) in [6, 6.07) is 7.17. The highest BCUT2D eigenvalue weighted by Gasteiger charge is 2.30. The fourth-order valence-corrected chi connectivity index (χ4v) is 4.36. The van der Waals surface area contributed by atoms with Gasteiger partial charge in [-0.3, -0.25) is 0 Å². The molecule has 1 aliphatic rings. The predicted molar refractivity (Wildman–Crippen MR) is 82.4 cm³/mol. The van der Waals surface area contributed by atoms with Gasteiger partial charge < -0.3 is 5.32 Å². The average molecular weight is 296 g/mol. The molecule has 5 heteroatoms. The van der Waals surface area contributed by atoms with Gasteiger partial charge >= 0.3 is 0 Å². The Hall–Kier alpha value is -1.07. The summed E-state index contributed by atoms with van der Waals surface area (Å²) in [7, 11) is -3.38. The molecule has 1 aromatic carbocycles. The van der Waals surface area contributed by atoms with Crippen LogP contribution in [0.5, 0.6) is 0 Å². The second-order valence-electron chi connectivity index (χ2n) is 5.28. The molecule has 1 aliphatic heterocycles. The predicted octanol–water partition coefficient (Wildman–Crippen LogP) is 2.93. The molecule has 112 valence electrons. The summed E-state index contributed by atoms with van der Waals surface area (Å²) in [5.74, 6) is 0.672. The van der Waals surface area contributed by atoms with Gasteiger partial charge in [-0.15, -0.1) is 0 Å². The minimum atomic E-state index is -3.38. The molecule has 1 heterocycles. The van der Waals surface area contributed by atoms with Crippen LogP contribution in [0.2, 0.25) is 0 Å². The zero-order valence-corrected chi connectivity index (χ0v) is 13.1. The van der Waals surface area contributed by atoms with Crippen LogP contribution >= 0.6 is 0 Å². The van der Waals surface area contributed by atoms with E-state index in [2.05, 4.69) is 12.2 Å². The van der Waals surface area contributed by atoms with Gasteiger partial charge in [-0.1, -0.05) is 25.5 Å². The third-order valence-electron chi connectivity index (χ3n) is 4.02. The summed E-state index contributed by atoms with van der Waals surface area (Å²) in [6.07, 6.45) is 3.08. The van der Waals surface area contributed by atoms with Crippen LogP contribution in [0.4, 0.5) is 5.69 Å². The molecule has 0 atom stereocenters. The molecule has 0 saturated carbocycles. The van der Waals surface area contributed by atoms with E-state index in [0.29, 0.717) is 36.1 Å². The largest absolute Gasteiger partial charge is 0.384 e. The number of nitrogens with one attached hydrogen (secondary N) is 1. The lowest BCUT2D eigenvalue weighted by Crippen LogP contribution is -2.38. The van der Waals surface area contributed by atoms with E-state index in [-0.39, 0.29) is 0 Å². The molecule has 0 aliphatic carbocycles. The summed E-state index contributed by atoms with van der Waals surface area (Å²) < 4.78 is 27.2. The molecule has 0 spiro atoms. The van der Waals surface area contributed by atoms with Crippen molar-refractivity contribution in [1.82, 2.24) is 4.31 Å². The van der Waals surface area contributed by atoms with Crippen LogP contribution in [-0.4, -0.2) is 32.4 Å². The molecule has 0 amide bonds. The summed E-state index contributed by atoms with van der Waals surface area (Å²) in [5.41, 5.74) is 0.701. The van der Waals surface area contributed by atoms with E-state index in [1.807, 2.05) is 19.1 Å². The summed E-state index contributed by atoms with van der Waals surface area (Å²) in [4.78, 5) is 0.400. The minimum absolute atomic E-state index is 0.400. The van der Waals surface area contributed by atoms with E-state index in [4.69, 9.17) is 0 Å². The van der Waals surface area contributed by atoms with Gasteiger partial charge in [0, 0.05) is 19.6 Å². The number of piperidine rings is 1. The Morgan fingerprint density at radius 2 is 1.85 bits per heavy atom. The smallest absolute Gasteiger partial charge is 0.245 e. The zero-order chi connectivity index (χ0) is 14.6. The summed E-state index contributed by atoms with van der Waals surface area (Å²) in [5, 5.41) is 3.14. The van der Waals surface area contributed by atoms with E-state index in [9.17, 15) is 8.42 Å². The number of anilines is 1. The lowest BCUT2D eigenvalue weighted by atomic mass is 9.96. The van der Waals surface area contributed by atoms with Gasteiger partial charge in [0.15, 0.2) is 0 Å². The van der Waals surface area contributed by atoms with Gasteiger partial charge in [-0.25, -0.2) is 8.42 Å². The van der Waals surface area contributed by atoms with E-state index in [1.54, 1.807) is 16.4 Å². The van der Waals surface area contributed by atoms with Crippen molar-refractivity contribution in [2.45, 2.75) is 38.0 Å². The van der Waals surface area contributed by atoms with Crippen LogP contribution in [0.15, 0.2) is 29.2 Å². The third kappa shape index (κ3) is 3.15. The summed E-state index contributed by atoms with van der Waals surface area (Å²) in [6.45, 7) is 6.14. The normalized spacial score (nSPS) is 18.1. The van der Waals surface area contributed by atoms with E-state index in [1.165, 1.54) is 0 Å². The first kappa shape index (κ1) is 15.3. The number of sulfonamides is 1. The van der Waals surface area contributed by atoms with Crippen molar-refractivity contribution >= 4 is 15.7 Å². The Labute approximate surface area is 122 Å². The van der Waals surface area contributed by atoms with Gasteiger partial charge in [0.2, 0.25) is 10.0 Å². The first-order valence-corrected chi connectivity index (χ1v) is 8.86. The Bertz CT molecular complexity index is 535. The van der Waals surface area contributed by atoms with Crippen molar-refractivity contribution < 1.29 is 8.42 Å². The maximum Gasteiger partial charge on any atom is 0.245 e. The van der Waals surface area contributed by atoms with Crippen molar-refractivity contribution in [3.05, 3.63) is 24.3 Å². The van der Waals surface area contributed by atoms with Crippen LogP contribution < -0.4 is 5.32 Å².